The lowest BCUT2D eigenvalue weighted by Crippen LogP contribution is -2.48. The number of benzene rings is 1. The van der Waals surface area contributed by atoms with Crippen molar-refractivity contribution in [3.63, 3.8) is 0 Å². The highest BCUT2D eigenvalue weighted by atomic mass is 35.5. The fourth-order valence-corrected chi connectivity index (χ4v) is 4.49. The first-order chi connectivity index (χ1) is 14.5. The highest BCUT2D eigenvalue weighted by Crippen LogP contribution is 2.24. The third-order valence-corrected chi connectivity index (χ3v) is 6.02. The molecule has 1 amide bonds. The quantitative estimate of drug-likeness (QED) is 0.425. The van der Waals surface area contributed by atoms with Crippen molar-refractivity contribution in [2.45, 2.75) is 24.8 Å². The number of nitrogens with zero attached hydrogens (tertiary/aromatic N) is 4. The number of amides is 1. The summed E-state index contributed by atoms with van der Waals surface area (Å²) in [6, 6.07) is 13.4. The number of furan rings is 1. The van der Waals surface area contributed by atoms with E-state index in [1.165, 1.54) is 11.8 Å². The van der Waals surface area contributed by atoms with E-state index in [9.17, 15) is 4.79 Å². The average molecular weight is 443 g/mol. The lowest BCUT2D eigenvalue weighted by molar-refractivity contribution is 0.0713. The number of halogens is 1. The van der Waals surface area contributed by atoms with Crippen molar-refractivity contribution in [1.29, 1.82) is 0 Å². The average Bonchev–Trinajstić information content (AvgIpc) is 3.20. The molecule has 0 N–H and O–H groups in total. The van der Waals surface area contributed by atoms with Crippen LogP contribution in [0.15, 0.2) is 52.0 Å². The molecule has 1 aliphatic rings. The van der Waals surface area contributed by atoms with Gasteiger partial charge in [-0.15, -0.1) is 0 Å². The number of rotatable bonds is 5. The molecule has 4 rings (SSSR count). The fraction of sp³-hybridized carbons (Fsp3) is 0.318. The van der Waals surface area contributed by atoms with Gasteiger partial charge in [0.15, 0.2) is 10.9 Å². The Morgan fingerprint density at radius 1 is 1.07 bits per heavy atom. The van der Waals surface area contributed by atoms with Crippen molar-refractivity contribution < 1.29 is 9.21 Å². The van der Waals surface area contributed by atoms with E-state index in [4.69, 9.17) is 16.0 Å². The predicted octanol–water partition coefficient (Wildman–Crippen LogP) is 4.59. The lowest BCUT2D eigenvalue weighted by atomic mass is 10.2. The Hall–Kier alpha value is -2.51. The van der Waals surface area contributed by atoms with Gasteiger partial charge in [-0.3, -0.25) is 4.79 Å². The van der Waals surface area contributed by atoms with Gasteiger partial charge in [-0.1, -0.05) is 29.4 Å². The van der Waals surface area contributed by atoms with Crippen LogP contribution in [-0.2, 0) is 5.75 Å². The molecule has 0 unspecified atom stereocenters. The van der Waals surface area contributed by atoms with Gasteiger partial charge in [-0.25, -0.2) is 9.97 Å². The molecule has 0 atom stereocenters. The number of aryl methyl sites for hydroxylation is 2. The van der Waals surface area contributed by atoms with Crippen molar-refractivity contribution in [3.05, 3.63) is 70.4 Å². The van der Waals surface area contributed by atoms with Crippen molar-refractivity contribution in [2.24, 2.45) is 0 Å². The molecule has 0 radical (unpaired) electrons. The number of anilines is 1. The molecule has 2 aromatic heterocycles. The van der Waals surface area contributed by atoms with Crippen LogP contribution in [0.1, 0.15) is 27.7 Å². The molecule has 30 heavy (non-hydrogen) atoms. The molecule has 1 aliphatic heterocycles. The van der Waals surface area contributed by atoms with Gasteiger partial charge in [0.25, 0.3) is 5.91 Å². The monoisotopic (exact) mass is 442 g/mol. The highest BCUT2D eigenvalue weighted by molar-refractivity contribution is 7.98. The van der Waals surface area contributed by atoms with Crippen molar-refractivity contribution in [3.8, 4) is 0 Å². The molecule has 0 aliphatic carbocycles. The second-order valence-electron chi connectivity index (χ2n) is 7.25. The van der Waals surface area contributed by atoms with Crippen LogP contribution < -0.4 is 4.90 Å². The molecule has 156 valence electrons. The van der Waals surface area contributed by atoms with E-state index in [1.807, 2.05) is 55.1 Å². The zero-order valence-corrected chi connectivity index (χ0v) is 18.5. The molecule has 1 aromatic carbocycles. The Bertz CT molecular complexity index is 1030. The summed E-state index contributed by atoms with van der Waals surface area (Å²) in [4.78, 5) is 25.8. The van der Waals surface area contributed by atoms with E-state index in [-0.39, 0.29) is 5.91 Å². The third-order valence-electron chi connectivity index (χ3n) is 4.92. The first-order valence-electron chi connectivity index (χ1n) is 9.81. The van der Waals surface area contributed by atoms with E-state index in [2.05, 4.69) is 14.9 Å². The molecular formula is C22H23ClN4O2S. The van der Waals surface area contributed by atoms with Gasteiger partial charge >= 0.3 is 0 Å². The zero-order valence-electron chi connectivity index (χ0n) is 17.0. The number of hydrogen-bond acceptors (Lipinski definition) is 6. The minimum absolute atomic E-state index is 0.0698. The van der Waals surface area contributed by atoms with Gasteiger partial charge in [-0.2, -0.15) is 0 Å². The smallest absolute Gasteiger partial charge is 0.289 e. The van der Waals surface area contributed by atoms with E-state index in [0.29, 0.717) is 29.8 Å². The summed E-state index contributed by atoms with van der Waals surface area (Å²) < 4.78 is 5.81. The largest absolute Gasteiger partial charge is 0.455 e. The molecule has 3 aromatic rings. The summed E-state index contributed by atoms with van der Waals surface area (Å²) >= 11 is 7.60. The summed E-state index contributed by atoms with van der Waals surface area (Å²) in [6.45, 7) is 6.72. The summed E-state index contributed by atoms with van der Waals surface area (Å²) in [5.74, 6) is 1.63. The maximum Gasteiger partial charge on any atom is 0.289 e. The Kier molecular flexibility index (Phi) is 6.29. The van der Waals surface area contributed by atoms with Gasteiger partial charge in [-0.05, 0) is 50.2 Å². The van der Waals surface area contributed by atoms with Crippen LogP contribution in [0.4, 0.5) is 5.69 Å². The van der Waals surface area contributed by atoms with Gasteiger partial charge in [0.05, 0.1) is 5.75 Å². The van der Waals surface area contributed by atoms with E-state index < -0.39 is 0 Å². The lowest BCUT2D eigenvalue weighted by Gasteiger charge is -2.35. The molecule has 8 heteroatoms. The Balaban J connectivity index is 1.33. The van der Waals surface area contributed by atoms with E-state index in [0.717, 1.165) is 40.9 Å². The molecule has 6 nitrogen and oxygen atoms in total. The summed E-state index contributed by atoms with van der Waals surface area (Å²) in [5.41, 5.74) is 2.97. The number of aromatic nitrogens is 2. The minimum Gasteiger partial charge on any atom is -0.455 e. The van der Waals surface area contributed by atoms with Gasteiger partial charge in [0, 0.05) is 48.3 Å². The maximum absolute atomic E-state index is 12.8. The first-order valence-corrected chi connectivity index (χ1v) is 11.2. The second kappa shape index (κ2) is 9.10. The maximum atomic E-state index is 12.8. The van der Waals surface area contributed by atoms with Crippen LogP contribution in [0.3, 0.4) is 0 Å². The van der Waals surface area contributed by atoms with Crippen molar-refractivity contribution >= 4 is 35.0 Å². The summed E-state index contributed by atoms with van der Waals surface area (Å²) in [7, 11) is 0. The Morgan fingerprint density at radius 3 is 2.50 bits per heavy atom. The topological polar surface area (TPSA) is 62.5 Å². The van der Waals surface area contributed by atoms with Gasteiger partial charge in [0.2, 0.25) is 0 Å². The molecule has 0 saturated carbocycles. The van der Waals surface area contributed by atoms with Crippen LogP contribution >= 0.6 is 23.4 Å². The van der Waals surface area contributed by atoms with Crippen LogP contribution in [0.25, 0.3) is 0 Å². The molecule has 3 heterocycles. The highest BCUT2D eigenvalue weighted by Gasteiger charge is 2.24. The predicted molar refractivity (Wildman–Crippen MR) is 119 cm³/mol. The fourth-order valence-electron chi connectivity index (χ4n) is 3.46. The number of hydrogen-bond donors (Lipinski definition) is 0. The number of carbonyl (C=O) groups is 1. The van der Waals surface area contributed by atoms with Crippen molar-refractivity contribution in [2.75, 3.05) is 31.1 Å². The first kappa shape index (κ1) is 20.8. The molecule has 0 spiro atoms. The third kappa shape index (κ3) is 4.96. The Morgan fingerprint density at radius 2 is 1.80 bits per heavy atom. The molecule has 1 saturated heterocycles. The Labute approximate surface area is 185 Å². The molecular weight excluding hydrogens is 420 g/mol. The van der Waals surface area contributed by atoms with Crippen molar-refractivity contribution in [1.82, 2.24) is 14.9 Å². The number of thioether (sulfide) groups is 1. The van der Waals surface area contributed by atoms with Crippen LogP contribution in [-0.4, -0.2) is 47.0 Å². The van der Waals surface area contributed by atoms with Crippen LogP contribution in [0.5, 0.6) is 0 Å². The second-order valence-corrected chi connectivity index (χ2v) is 8.63. The standard InChI is InChI=1S/C22H23ClN4O2S/c1-15-12-16(2)25-22(24-15)30-14-19-6-7-20(29-19)21(28)27-10-8-26(9-11-27)18-5-3-4-17(23)13-18/h3-7,12-13H,8-11,14H2,1-2H3. The van der Waals surface area contributed by atoms with Gasteiger partial charge in [0.1, 0.15) is 5.76 Å². The SMILES string of the molecule is Cc1cc(C)nc(SCc2ccc(C(=O)N3CCN(c4cccc(Cl)c4)CC3)o2)n1. The number of piperazine rings is 1. The van der Waals surface area contributed by atoms with Gasteiger partial charge < -0.3 is 14.2 Å². The zero-order chi connectivity index (χ0) is 21.1. The van der Waals surface area contributed by atoms with E-state index >= 15 is 0 Å². The van der Waals surface area contributed by atoms with Crippen LogP contribution in [0.2, 0.25) is 5.02 Å². The van der Waals surface area contributed by atoms with E-state index in [1.54, 1.807) is 6.07 Å². The summed E-state index contributed by atoms with van der Waals surface area (Å²) in [6.07, 6.45) is 0. The molecule has 1 fully saturated rings. The summed E-state index contributed by atoms with van der Waals surface area (Å²) in [5, 5.41) is 1.44. The normalized spacial score (nSPS) is 14.2. The van der Waals surface area contributed by atoms with Crippen LogP contribution in [0, 0.1) is 13.8 Å². The number of carbonyl (C=O) groups excluding carboxylic acids is 1. The molecule has 0 bridgehead atoms. The minimum atomic E-state index is -0.0698.